The van der Waals surface area contributed by atoms with Crippen LogP contribution >= 0.6 is 27.5 Å². The van der Waals surface area contributed by atoms with E-state index in [0.717, 1.165) is 34.3 Å². The van der Waals surface area contributed by atoms with Crippen molar-refractivity contribution in [2.75, 3.05) is 0 Å². The molecule has 0 aliphatic heterocycles. The normalized spacial score (nSPS) is 12.7. The minimum absolute atomic E-state index is 0.202. The Morgan fingerprint density at radius 2 is 2.25 bits per heavy atom. The Hall–Kier alpha value is -0.880. The molecule has 2 aromatic rings. The van der Waals surface area contributed by atoms with Crippen LogP contribution in [0.25, 0.3) is 0 Å². The Balaban J connectivity index is 2.49. The quantitative estimate of drug-likeness (QED) is 0.635. The summed E-state index contributed by atoms with van der Waals surface area (Å²) < 4.78 is 2.87. The Labute approximate surface area is 132 Å². The minimum atomic E-state index is -0.202. The molecule has 2 rings (SSSR count). The summed E-state index contributed by atoms with van der Waals surface area (Å²) in [7, 11) is 0. The third kappa shape index (κ3) is 3.06. The zero-order chi connectivity index (χ0) is 14.7. The SMILES string of the molecule is CCCn1ncc(Br)c1C(NN)c1ccc(C)cc1Cl. The highest BCUT2D eigenvalue weighted by Crippen LogP contribution is 2.32. The molecule has 0 saturated carbocycles. The number of rotatable bonds is 5. The van der Waals surface area contributed by atoms with Crippen molar-refractivity contribution in [3.63, 3.8) is 0 Å². The first kappa shape index (κ1) is 15.5. The molecule has 1 aromatic heterocycles. The summed E-state index contributed by atoms with van der Waals surface area (Å²) in [6.07, 6.45) is 2.79. The number of halogens is 2. The summed E-state index contributed by atoms with van der Waals surface area (Å²) >= 11 is 9.90. The number of hydrogen-bond acceptors (Lipinski definition) is 3. The highest BCUT2D eigenvalue weighted by molar-refractivity contribution is 9.10. The van der Waals surface area contributed by atoms with Gasteiger partial charge in [0.2, 0.25) is 0 Å². The molecule has 0 aliphatic rings. The van der Waals surface area contributed by atoms with Gasteiger partial charge < -0.3 is 0 Å². The van der Waals surface area contributed by atoms with Gasteiger partial charge >= 0.3 is 0 Å². The molecule has 20 heavy (non-hydrogen) atoms. The first-order valence-corrected chi connectivity index (χ1v) is 7.69. The van der Waals surface area contributed by atoms with Crippen LogP contribution in [0.15, 0.2) is 28.9 Å². The van der Waals surface area contributed by atoms with Crippen molar-refractivity contribution < 1.29 is 0 Å². The van der Waals surface area contributed by atoms with E-state index >= 15 is 0 Å². The van der Waals surface area contributed by atoms with Gasteiger partial charge in [-0.25, -0.2) is 5.43 Å². The fourth-order valence-electron chi connectivity index (χ4n) is 2.23. The molecule has 0 amide bonds. The predicted octanol–water partition coefficient (Wildman–Crippen LogP) is 3.57. The molecule has 1 heterocycles. The minimum Gasteiger partial charge on any atom is -0.271 e. The second-order valence-electron chi connectivity index (χ2n) is 4.73. The largest absolute Gasteiger partial charge is 0.271 e. The van der Waals surface area contributed by atoms with Gasteiger partial charge in [-0.2, -0.15) is 5.10 Å². The van der Waals surface area contributed by atoms with E-state index in [1.54, 1.807) is 6.20 Å². The second kappa shape index (κ2) is 6.72. The van der Waals surface area contributed by atoms with Crippen LogP contribution in [0.1, 0.15) is 36.2 Å². The Bertz CT molecular complexity index is 597. The molecule has 6 heteroatoms. The van der Waals surface area contributed by atoms with E-state index < -0.39 is 0 Å². The van der Waals surface area contributed by atoms with Crippen LogP contribution in [0.5, 0.6) is 0 Å². The lowest BCUT2D eigenvalue weighted by Gasteiger charge is -2.20. The Kier molecular flexibility index (Phi) is 5.21. The lowest BCUT2D eigenvalue weighted by atomic mass is 10.0. The van der Waals surface area contributed by atoms with E-state index in [1.165, 1.54) is 0 Å². The van der Waals surface area contributed by atoms with E-state index in [9.17, 15) is 0 Å². The van der Waals surface area contributed by atoms with Crippen LogP contribution in [0.2, 0.25) is 5.02 Å². The van der Waals surface area contributed by atoms with Crippen LogP contribution in [-0.2, 0) is 6.54 Å². The Morgan fingerprint density at radius 3 is 2.85 bits per heavy atom. The van der Waals surface area contributed by atoms with Crippen molar-refractivity contribution in [3.05, 3.63) is 50.7 Å². The van der Waals surface area contributed by atoms with E-state index in [0.29, 0.717) is 5.02 Å². The van der Waals surface area contributed by atoms with Crippen molar-refractivity contribution >= 4 is 27.5 Å². The average molecular weight is 358 g/mol. The fraction of sp³-hybridized carbons (Fsp3) is 0.357. The summed E-state index contributed by atoms with van der Waals surface area (Å²) in [6, 6.07) is 5.76. The van der Waals surface area contributed by atoms with Crippen LogP contribution in [0.4, 0.5) is 0 Å². The van der Waals surface area contributed by atoms with Gasteiger partial charge in [-0.05, 0) is 46.5 Å². The molecular weight excluding hydrogens is 340 g/mol. The first-order valence-electron chi connectivity index (χ1n) is 6.51. The summed E-state index contributed by atoms with van der Waals surface area (Å²) in [5.41, 5.74) is 5.90. The van der Waals surface area contributed by atoms with E-state index in [2.05, 4.69) is 33.4 Å². The summed E-state index contributed by atoms with van der Waals surface area (Å²) in [5.74, 6) is 5.77. The molecule has 4 nitrogen and oxygen atoms in total. The van der Waals surface area contributed by atoms with Gasteiger partial charge in [-0.3, -0.25) is 10.5 Å². The molecule has 0 aliphatic carbocycles. The molecular formula is C14H18BrClN4. The first-order chi connectivity index (χ1) is 9.58. The number of hydrazine groups is 1. The highest BCUT2D eigenvalue weighted by Gasteiger charge is 2.22. The number of hydrogen-bond donors (Lipinski definition) is 2. The van der Waals surface area contributed by atoms with E-state index in [-0.39, 0.29) is 6.04 Å². The maximum Gasteiger partial charge on any atom is 0.0904 e. The number of benzene rings is 1. The zero-order valence-electron chi connectivity index (χ0n) is 11.5. The smallest absolute Gasteiger partial charge is 0.0904 e. The highest BCUT2D eigenvalue weighted by atomic mass is 79.9. The fourth-order valence-corrected chi connectivity index (χ4v) is 3.10. The molecule has 3 N–H and O–H groups in total. The number of aromatic nitrogens is 2. The van der Waals surface area contributed by atoms with Gasteiger partial charge in [0.15, 0.2) is 0 Å². The van der Waals surface area contributed by atoms with Crippen LogP contribution in [0.3, 0.4) is 0 Å². The summed E-state index contributed by atoms with van der Waals surface area (Å²) in [4.78, 5) is 0. The summed E-state index contributed by atoms with van der Waals surface area (Å²) in [5, 5.41) is 5.08. The molecule has 1 unspecified atom stereocenters. The molecule has 0 bridgehead atoms. The van der Waals surface area contributed by atoms with Crippen molar-refractivity contribution in [1.82, 2.24) is 15.2 Å². The third-order valence-corrected chi connectivity index (χ3v) is 4.11. The predicted molar refractivity (Wildman–Crippen MR) is 85.6 cm³/mol. The van der Waals surface area contributed by atoms with Gasteiger partial charge in [0.1, 0.15) is 0 Å². The van der Waals surface area contributed by atoms with Crippen molar-refractivity contribution in [2.24, 2.45) is 5.84 Å². The number of nitrogens with one attached hydrogen (secondary N) is 1. The third-order valence-electron chi connectivity index (χ3n) is 3.18. The average Bonchev–Trinajstić information content (AvgIpc) is 2.75. The maximum atomic E-state index is 6.36. The monoisotopic (exact) mass is 356 g/mol. The molecule has 0 radical (unpaired) electrons. The van der Waals surface area contributed by atoms with E-state index in [1.807, 2.05) is 29.8 Å². The lowest BCUT2D eigenvalue weighted by molar-refractivity contribution is 0.519. The van der Waals surface area contributed by atoms with Crippen LogP contribution in [0, 0.1) is 6.92 Å². The van der Waals surface area contributed by atoms with Crippen LogP contribution in [-0.4, -0.2) is 9.78 Å². The topological polar surface area (TPSA) is 55.9 Å². The van der Waals surface area contributed by atoms with Gasteiger partial charge in [0.05, 0.1) is 22.4 Å². The van der Waals surface area contributed by atoms with Crippen LogP contribution < -0.4 is 11.3 Å². The zero-order valence-corrected chi connectivity index (χ0v) is 13.9. The van der Waals surface area contributed by atoms with Gasteiger partial charge in [-0.1, -0.05) is 30.7 Å². The molecule has 0 spiro atoms. The molecule has 0 saturated heterocycles. The Morgan fingerprint density at radius 1 is 1.50 bits per heavy atom. The molecule has 108 valence electrons. The number of nitrogens with two attached hydrogens (primary N) is 1. The molecule has 1 atom stereocenters. The molecule has 1 aromatic carbocycles. The lowest BCUT2D eigenvalue weighted by Crippen LogP contribution is -2.31. The number of nitrogens with zero attached hydrogens (tertiary/aromatic N) is 2. The van der Waals surface area contributed by atoms with Gasteiger partial charge in [-0.15, -0.1) is 0 Å². The van der Waals surface area contributed by atoms with Gasteiger partial charge in [0, 0.05) is 11.6 Å². The van der Waals surface area contributed by atoms with Gasteiger partial charge in [0.25, 0.3) is 0 Å². The summed E-state index contributed by atoms with van der Waals surface area (Å²) in [6.45, 7) is 4.96. The molecule has 0 fully saturated rings. The second-order valence-corrected chi connectivity index (χ2v) is 5.99. The van der Waals surface area contributed by atoms with Crippen molar-refractivity contribution in [3.8, 4) is 0 Å². The number of aryl methyl sites for hydroxylation is 2. The maximum absolute atomic E-state index is 6.36. The van der Waals surface area contributed by atoms with E-state index in [4.69, 9.17) is 17.4 Å². The standard InChI is InChI=1S/C14H18BrClN4/c1-3-6-20-14(11(15)8-18-20)13(19-17)10-5-4-9(2)7-12(10)16/h4-5,7-8,13,19H,3,6,17H2,1-2H3. The van der Waals surface area contributed by atoms with Crippen molar-refractivity contribution in [2.45, 2.75) is 32.9 Å². The van der Waals surface area contributed by atoms with Crippen molar-refractivity contribution in [1.29, 1.82) is 0 Å².